The summed E-state index contributed by atoms with van der Waals surface area (Å²) in [6, 6.07) is 5.05. The highest BCUT2D eigenvalue weighted by atomic mass is 19.1. The van der Waals surface area contributed by atoms with Crippen molar-refractivity contribution in [2.24, 2.45) is 0 Å². The molecule has 90 valence electrons. The molecule has 0 aliphatic heterocycles. The largest absolute Gasteiger partial charge is 0.488 e. The van der Waals surface area contributed by atoms with Crippen molar-refractivity contribution in [1.29, 1.82) is 0 Å². The molecule has 0 radical (unpaired) electrons. The molecular weight excluding hydrogens is 207 g/mol. The fourth-order valence-electron chi connectivity index (χ4n) is 1.49. The molecular formula is C13H19FO2. The smallest absolute Gasteiger partial charge is 0.165 e. The van der Waals surface area contributed by atoms with Gasteiger partial charge in [0.1, 0.15) is 0 Å². The Kier molecular flexibility index (Phi) is 5.26. The Morgan fingerprint density at radius 2 is 2.06 bits per heavy atom. The third kappa shape index (κ3) is 4.19. The molecule has 0 aliphatic rings. The van der Waals surface area contributed by atoms with Gasteiger partial charge >= 0.3 is 0 Å². The zero-order chi connectivity index (χ0) is 12.0. The number of hydrogen-bond acceptors (Lipinski definition) is 2. The van der Waals surface area contributed by atoms with Gasteiger partial charge in [-0.2, -0.15) is 0 Å². The van der Waals surface area contributed by atoms with Crippen molar-refractivity contribution in [2.75, 3.05) is 6.61 Å². The molecule has 1 aromatic rings. The molecule has 3 heteroatoms. The Labute approximate surface area is 96.1 Å². The fraction of sp³-hybridized carbons (Fsp3) is 0.538. The van der Waals surface area contributed by atoms with Gasteiger partial charge in [0.15, 0.2) is 11.6 Å². The predicted molar refractivity (Wildman–Crippen MR) is 62.2 cm³/mol. The minimum absolute atomic E-state index is 0.0188. The Balaban J connectivity index is 2.60. The van der Waals surface area contributed by atoms with Crippen molar-refractivity contribution >= 4 is 0 Å². The van der Waals surface area contributed by atoms with Gasteiger partial charge in [0.25, 0.3) is 0 Å². The summed E-state index contributed by atoms with van der Waals surface area (Å²) < 4.78 is 18.9. The van der Waals surface area contributed by atoms with Crippen LogP contribution in [0.2, 0.25) is 0 Å². The molecule has 1 rings (SSSR count). The Hall–Kier alpha value is -1.09. The van der Waals surface area contributed by atoms with Gasteiger partial charge in [-0.3, -0.25) is 0 Å². The first-order valence-corrected chi connectivity index (χ1v) is 5.69. The molecule has 0 heterocycles. The number of unbranched alkanes of at least 4 members (excludes halogenated alkanes) is 1. The molecule has 0 aliphatic carbocycles. The van der Waals surface area contributed by atoms with Gasteiger partial charge in [0.05, 0.1) is 6.10 Å². The van der Waals surface area contributed by atoms with Crippen molar-refractivity contribution in [2.45, 2.75) is 39.2 Å². The maximum absolute atomic E-state index is 13.5. The molecule has 0 spiro atoms. The lowest BCUT2D eigenvalue weighted by Gasteiger charge is -2.11. The van der Waals surface area contributed by atoms with Gasteiger partial charge in [0, 0.05) is 6.61 Å². The summed E-state index contributed by atoms with van der Waals surface area (Å²) in [6.07, 6.45) is 2.40. The second kappa shape index (κ2) is 6.48. The van der Waals surface area contributed by atoms with Crippen molar-refractivity contribution in [1.82, 2.24) is 0 Å². The molecule has 1 N–H and O–H groups in total. The molecule has 2 nitrogen and oxygen atoms in total. The van der Waals surface area contributed by atoms with E-state index in [0.717, 1.165) is 24.8 Å². The van der Waals surface area contributed by atoms with E-state index in [1.165, 1.54) is 6.07 Å². The van der Waals surface area contributed by atoms with Crippen LogP contribution in [-0.2, 0) is 6.42 Å². The molecule has 0 aromatic heterocycles. The average Bonchev–Trinajstić information content (AvgIpc) is 2.22. The maximum atomic E-state index is 13.5. The lowest BCUT2D eigenvalue weighted by Crippen LogP contribution is -2.07. The monoisotopic (exact) mass is 226 g/mol. The molecule has 0 saturated carbocycles. The summed E-state index contributed by atoms with van der Waals surface area (Å²) in [7, 11) is 0. The summed E-state index contributed by atoms with van der Waals surface area (Å²) in [5.41, 5.74) is 0.946. The first kappa shape index (κ1) is 13.0. The Morgan fingerprint density at radius 3 is 2.62 bits per heavy atom. The highest BCUT2D eigenvalue weighted by molar-refractivity contribution is 5.29. The minimum Gasteiger partial charge on any atom is -0.488 e. The van der Waals surface area contributed by atoms with Gasteiger partial charge < -0.3 is 9.84 Å². The van der Waals surface area contributed by atoms with Gasteiger partial charge in [-0.15, -0.1) is 0 Å². The second-order valence-electron chi connectivity index (χ2n) is 4.11. The van der Waals surface area contributed by atoms with Crippen molar-refractivity contribution in [3.8, 4) is 5.75 Å². The molecule has 0 atom stereocenters. The van der Waals surface area contributed by atoms with Gasteiger partial charge in [-0.25, -0.2) is 4.39 Å². The van der Waals surface area contributed by atoms with Crippen LogP contribution in [0, 0.1) is 5.82 Å². The van der Waals surface area contributed by atoms with Crippen LogP contribution in [0.1, 0.15) is 32.3 Å². The van der Waals surface area contributed by atoms with E-state index in [-0.39, 0.29) is 18.5 Å². The Bertz CT molecular complexity index is 324. The van der Waals surface area contributed by atoms with Crippen LogP contribution in [0.3, 0.4) is 0 Å². The summed E-state index contributed by atoms with van der Waals surface area (Å²) in [6.45, 7) is 3.93. The number of hydrogen-bond donors (Lipinski definition) is 1. The molecule has 16 heavy (non-hydrogen) atoms. The van der Waals surface area contributed by atoms with E-state index in [0.29, 0.717) is 5.75 Å². The number of aryl methyl sites for hydroxylation is 1. The van der Waals surface area contributed by atoms with Crippen LogP contribution in [0.15, 0.2) is 18.2 Å². The van der Waals surface area contributed by atoms with Crippen molar-refractivity contribution in [3.05, 3.63) is 29.6 Å². The van der Waals surface area contributed by atoms with E-state index in [1.807, 2.05) is 19.9 Å². The van der Waals surface area contributed by atoms with Crippen LogP contribution in [-0.4, -0.2) is 17.8 Å². The zero-order valence-electron chi connectivity index (χ0n) is 9.87. The number of halogens is 1. The second-order valence-corrected chi connectivity index (χ2v) is 4.11. The number of benzene rings is 1. The molecule has 0 amide bonds. The molecule has 0 bridgehead atoms. The van der Waals surface area contributed by atoms with E-state index in [2.05, 4.69) is 0 Å². The van der Waals surface area contributed by atoms with Gasteiger partial charge in [-0.1, -0.05) is 6.07 Å². The Morgan fingerprint density at radius 1 is 1.31 bits per heavy atom. The van der Waals surface area contributed by atoms with Crippen LogP contribution >= 0.6 is 0 Å². The average molecular weight is 226 g/mol. The first-order valence-electron chi connectivity index (χ1n) is 5.69. The topological polar surface area (TPSA) is 29.5 Å². The highest BCUT2D eigenvalue weighted by Crippen LogP contribution is 2.20. The van der Waals surface area contributed by atoms with Crippen LogP contribution < -0.4 is 4.74 Å². The summed E-state index contributed by atoms with van der Waals surface area (Å²) in [5, 5.41) is 8.65. The minimum atomic E-state index is -0.310. The van der Waals surface area contributed by atoms with E-state index in [4.69, 9.17) is 9.84 Å². The molecule has 0 unspecified atom stereocenters. The van der Waals surface area contributed by atoms with E-state index >= 15 is 0 Å². The zero-order valence-corrected chi connectivity index (χ0v) is 9.87. The van der Waals surface area contributed by atoms with E-state index < -0.39 is 0 Å². The van der Waals surface area contributed by atoms with Crippen molar-refractivity contribution in [3.63, 3.8) is 0 Å². The molecule has 0 fully saturated rings. The third-order valence-electron chi connectivity index (χ3n) is 2.23. The van der Waals surface area contributed by atoms with Crippen LogP contribution in [0.4, 0.5) is 4.39 Å². The summed E-state index contributed by atoms with van der Waals surface area (Å²) in [4.78, 5) is 0. The first-order chi connectivity index (χ1) is 7.63. The van der Waals surface area contributed by atoms with Gasteiger partial charge in [-0.05, 0) is 50.8 Å². The van der Waals surface area contributed by atoms with Gasteiger partial charge in [0.2, 0.25) is 0 Å². The number of ether oxygens (including phenoxy) is 1. The summed E-state index contributed by atoms with van der Waals surface area (Å²) in [5.74, 6) is -0.00360. The fourth-order valence-corrected chi connectivity index (χ4v) is 1.49. The lowest BCUT2D eigenvalue weighted by molar-refractivity contribution is 0.231. The predicted octanol–water partition coefficient (Wildman–Crippen LogP) is 2.93. The molecule has 0 saturated heterocycles. The third-order valence-corrected chi connectivity index (χ3v) is 2.23. The normalized spacial score (nSPS) is 10.8. The highest BCUT2D eigenvalue weighted by Gasteiger charge is 2.06. The number of rotatable bonds is 6. The number of aliphatic hydroxyl groups is 1. The van der Waals surface area contributed by atoms with E-state index in [1.54, 1.807) is 6.07 Å². The maximum Gasteiger partial charge on any atom is 0.165 e. The lowest BCUT2D eigenvalue weighted by atomic mass is 10.1. The van der Waals surface area contributed by atoms with Crippen molar-refractivity contribution < 1.29 is 14.2 Å². The SMILES string of the molecule is CC(C)Oc1ccc(CCCCO)cc1F. The van der Waals surface area contributed by atoms with E-state index in [9.17, 15) is 4.39 Å². The van der Waals surface area contributed by atoms with Crippen LogP contribution in [0.5, 0.6) is 5.75 Å². The number of aliphatic hydroxyl groups excluding tert-OH is 1. The standard InChI is InChI=1S/C13H19FO2/c1-10(2)16-13-7-6-11(9-12(13)14)5-3-4-8-15/h6-7,9-10,15H,3-5,8H2,1-2H3. The summed E-state index contributed by atoms with van der Waals surface area (Å²) >= 11 is 0. The quantitative estimate of drug-likeness (QED) is 0.756. The molecule has 1 aromatic carbocycles. The van der Waals surface area contributed by atoms with Crippen LogP contribution in [0.25, 0.3) is 0 Å².